The normalized spacial score (nSPS) is 13.8. The first kappa shape index (κ1) is 17.1. The first-order valence-electron chi connectivity index (χ1n) is 7.84. The van der Waals surface area contributed by atoms with E-state index in [9.17, 15) is 0 Å². The topological polar surface area (TPSA) is 28.2 Å². The van der Waals surface area contributed by atoms with Gasteiger partial charge in [0.2, 0.25) is 0 Å². The van der Waals surface area contributed by atoms with E-state index >= 15 is 0 Å². The molecule has 0 aliphatic rings. The molecule has 20 heavy (non-hydrogen) atoms. The van der Waals surface area contributed by atoms with E-state index in [4.69, 9.17) is 0 Å². The minimum atomic E-state index is 0.128. The average molecular weight is 277 g/mol. The van der Waals surface area contributed by atoms with Crippen molar-refractivity contribution in [2.75, 3.05) is 20.6 Å². The fourth-order valence-electron chi connectivity index (χ4n) is 3.21. The molecule has 0 radical (unpaired) electrons. The molecule has 1 atom stereocenters. The highest BCUT2D eigenvalue weighted by Crippen LogP contribution is 2.36. The number of hydrogen-bond donors (Lipinski definition) is 1. The number of nitrogens with zero attached hydrogens (tertiary/aromatic N) is 2. The van der Waals surface area contributed by atoms with E-state index in [1.807, 2.05) is 12.4 Å². The summed E-state index contributed by atoms with van der Waals surface area (Å²) in [7, 11) is 4.39. The number of hydrogen-bond acceptors (Lipinski definition) is 3. The van der Waals surface area contributed by atoms with Gasteiger partial charge in [-0.15, -0.1) is 0 Å². The highest BCUT2D eigenvalue weighted by atomic mass is 15.2. The van der Waals surface area contributed by atoms with Crippen LogP contribution in [0.4, 0.5) is 0 Å². The molecule has 0 saturated carbocycles. The number of aryl methyl sites for hydroxylation is 1. The van der Waals surface area contributed by atoms with Crippen molar-refractivity contribution in [2.24, 2.45) is 0 Å². The van der Waals surface area contributed by atoms with Crippen molar-refractivity contribution in [1.82, 2.24) is 15.2 Å². The number of rotatable bonds is 8. The van der Waals surface area contributed by atoms with E-state index in [0.29, 0.717) is 6.04 Å². The summed E-state index contributed by atoms with van der Waals surface area (Å²) in [6, 6.07) is 2.43. The Bertz CT molecular complexity index is 397. The van der Waals surface area contributed by atoms with Crippen molar-refractivity contribution in [3.05, 3.63) is 29.6 Å². The van der Waals surface area contributed by atoms with Gasteiger partial charge in [0.25, 0.3) is 0 Å². The Labute approximate surface area is 124 Å². The SMILES string of the molecule is CCCNC(c1cnccc1C)C(CC)(CC)N(C)C. The second-order valence-electron chi connectivity index (χ2n) is 5.82. The molecule has 3 nitrogen and oxygen atoms in total. The molecule has 114 valence electrons. The molecule has 1 aromatic heterocycles. The summed E-state index contributed by atoms with van der Waals surface area (Å²) in [5, 5.41) is 3.77. The van der Waals surface area contributed by atoms with Crippen LogP contribution in [0.1, 0.15) is 57.2 Å². The highest BCUT2D eigenvalue weighted by Gasteiger charge is 2.39. The molecule has 1 rings (SSSR count). The summed E-state index contributed by atoms with van der Waals surface area (Å²) < 4.78 is 0. The van der Waals surface area contributed by atoms with Gasteiger partial charge in [0.1, 0.15) is 0 Å². The lowest BCUT2D eigenvalue weighted by molar-refractivity contribution is 0.0877. The van der Waals surface area contributed by atoms with E-state index in [2.05, 4.69) is 63.1 Å². The van der Waals surface area contributed by atoms with Gasteiger partial charge in [0, 0.05) is 17.9 Å². The van der Waals surface area contributed by atoms with E-state index in [1.54, 1.807) is 0 Å². The van der Waals surface area contributed by atoms with Gasteiger partial charge in [-0.25, -0.2) is 0 Å². The molecule has 0 bridgehead atoms. The maximum Gasteiger partial charge on any atom is 0.0524 e. The van der Waals surface area contributed by atoms with Crippen molar-refractivity contribution in [3.8, 4) is 0 Å². The molecular weight excluding hydrogens is 246 g/mol. The van der Waals surface area contributed by atoms with Crippen LogP contribution in [-0.4, -0.2) is 36.1 Å². The Kier molecular flexibility index (Phi) is 6.63. The predicted molar refractivity (Wildman–Crippen MR) is 87.0 cm³/mol. The van der Waals surface area contributed by atoms with Crippen molar-refractivity contribution >= 4 is 0 Å². The average Bonchev–Trinajstić information content (AvgIpc) is 2.44. The molecule has 3 heteroatoms. The van der Waals surface area contributed by atoms with Gasteiger partial charge in [-0.05, 0) is 64.0 Å². The van der Waals surface area contributed by atoms with Crippen LogP contribution in [0.3, 0.4) is 0 Å². The predicted octanol–water partition coefficient (Wildman–Crippen LogP) is 3.55. The van der Waals surface area contributed by atoms with E-state index in [1.165, 1.54) is 11.1 Å². The lowest BCUT2D eigenvalue weighted by Crippen LogP contribution is -2.53. The second-order valence-corrected chi connectivity index (χ2v) is 5.82. The quantitative estimate of drug-likeness (QED) is 0.787. The third kappa shape index (κ3) is 3.39. The zero-order valence-electron chi connectivity index (χ0n) is 14.0. The standard InChI is InChI=1S/C17H31N3/c1-7-11-19-16(15-13-18-12-10-14(15)4)17(8-2,9-3)20(5)6/h10,12-13,16,19H,7-9,11H2,1-6H3. The summed E-state index contributed by atoms with van der Waals surface area (Å²) in [5.74, 6) is 0. The Balaban J connectivity index is 3.26. The monoisotopic (exact) mass is 277 g/mol. The fourth-order valence-corrected chi connectivity index (χ4v) is 3.21. The van der Waals surface area contributed by atoms with Crippen LogP contribution in [0.25, 0.3) is 0 Å². The number of likely N-dealkylation sites (N-methyl/N-ethyl adjacent to an activating group) is 1. The van der Waals surface area contributed by atoms with E-state index in [-0.39, 0.29) is 5.54 Å². The number of pyridine rings is 1. The van der Waals surface area contributed by atoms with Gasteiger partial charge < -0.3 is 10.2 Å². The molecule has 0 aliphatic carbocycles. The van der Waals surface area contributed by atoms with Crippen molar-refractivity contribution < 1.29 is 0 Å². The zero-order chi connectivity index (χ0) is 15.2. The Morgan fingerprint density at radius 2 is 1.90 bits per heavy atom. The minimum Gasteiger partial charge on any atom is -0.308 e. The van der Waals surface area contributed by atoms with Crippen LogP contribution < -0.4 is 5.32 Å². The van der Waals surface area contributed by atoms with E-state index in [0.717, 1.165) is 25.8 Å². The lowest BCUT2D eigenvalue weighted by Gasteiger charge is -2.46. The first-order chi connectivity index (χ1) is 9.53. The van der Waals surface area contributed by atoms with Crippen LogP contribution in [-0.2, 0) is 0 Å². The van der Waals surface area contributed by atoms with Gasteiger partial charge in [0.15, 0.2) is 0 Å². The maximum absolute atomic E-state index is 4.36. The Morgan fingerprint density at radius 3 is 2.35 bits per heavy atom. The van der Waals surface area contributed by atoms with Gasteiger partial charge in [-0.2, -0.15) is 0 Å². The summed E-state index contributed by atoms with van der Waals surface area (Å²) in [6.07, 6.45) is 7.29. The summed E-state index contributed by atoms with van der Waals surface area (Å²) in [4.78, 5) is 6.74. The van der Waals surface area contributed by atoms with Gasteiger partial charge in [0.05, 0.1) is 6.04 Å². The Hall–Kier alpha value is -0.930. The third-order valence-corrected chi connectivity index (χ3v) is 4.64. The molecule has 0 aliphatic heterocycles. The smallest absolute Gasteiger partial charge is 0.0524 e. The summed E-state index contributed by atoms with van der Waals surface area (Å²) in [6.45, 7) is 10.0. The minimum absolute atomic E-state index is 0.128. The molecule has 0 spiro atoms. The third-order valence-electron chi connectivity index (χ3n) is 4.64. The molecule has 0 amide bonds. The number of aromatic nitrogens is 1. The van der Waals surface area contributed by atoms with Crippen molar-refractivity contribution in [1.29, 1.82) is 0 Å². The van der Waals surface area contributed by atoms with Crippen LogP contribution in [0.15, 0.2) is 18.5 Å². The molecule has 1 aromatic rings. The van der Waals surface area contributed by atoms with Gasteiger partial charge in [-0.3, -0.25) is 4.98 Å². The molecule has 1 heterocycles. The molecule has 1 N–H and O–H groups in total. The van der Waals surface area contributed by atoms with Gasteiger partial charge >= 0.3 is 0 Å². The van der Waals surface area contributed by atoms with Crippen LogP contribution in [0.5, 0.6) is 0 Å². The van der Waals surface area contributed by atoms with Crippen molar-refractivity contribution in [2.45, 2.75) is 58.5 Å². The molecule has 0 aromatic carbocycles. The van der Waals surface area contributed by atoms with Crippen molar-refractivity contribution in [3.63, 3.8) is 0 Å². The van der Waals surface area contributed by atoms with Crippen LogP contribution >= 0.6 is 0 Å². The lowest BCUT2D eigenvalue weighted by atomic mass is 9.79. The second kappa shape index (κ2) is 7.75. The van der Waals surface area contributed by atoms with E-state index < -0.39 is 0 Å². The summed E-state index contributed by atoms with van der Waals surface area (Å²) >= 11 is 0. The van der Waals surface area contributed by atoms with Gasteiger partial charge in [-0.1, -0.05) is 20.8 Å². The molecule has 0 fully saturated rings. The number of nitrogens with one attached hydrogen (secondary N) is 1. The largest absolute Gasteiger partial charge is 0.308 e. The first-order valence-corrected chi connectivity index (χ1v) is 7.84. The Morgan fingerprint density at radius 1 is 1.25 bits per heavy atom. The summed E-state index contributed by atoms with van der Waals surface area (Å²) in [5.41, 5.74) is 2.78. The van der Waals surface area contributed by atoms with Crippen LogP contribution in [0, 0.1) is 6.92 Å². The zero-order valence-corrected chi connectivity index (χ0v) is 14.0. The molecule has 1 unspecified atom stereocenters. The molecular formula is C17H31N3. The maximum atomic E-state index is 4.36. The molecule has 0 saturated heterocycles. The van der Waals surface area contributed by atoms with Crippen LogP contribution in [0.2, 0.25) is 0 Å². The fraction of sp³-hybridized carbons (Fsp3) is 0.706. The highest BCUT2D eigenvalue weighted by molar-refractivity contribution is 5.28.